The number of carbonyl (C=O) groups is 1. The van der Waals surface area contributed by atoms with Gasteiger partial charge in [0.1, 0.15) is 5.75 Å². The second kappa shape index (κ2) is 11.9. The van der Waals surface area contributed by atoms with Gasteiger partial charge in [0.2, 0.25) is 5.91 Å². The van der Waals surface area contributed by atoms with Gasteiger partial charge in [-0.1, -0.05) is 42.5 Å². The van der Waals surface area contributed by atoms with Crippen molar-refractivity contribution in [1.29, 1.82) is 0 Å². The van der Waals surface area contributed by atoms with Gasteiger partial charge in [0, 0.05) is 32.0 Å². The smallest absolute Gasteiger partial charge is 0.406 e. The number of nitrogens with one attached hydrogen (secondary N) is 1. The Hall–Kier alpha value is -2.50. The summed E-state index contributed by atoms with van der Waals surface area (Å²) < 4.78 is 40.4. The summed E-state index contributed by atoms with van der Waals surface area (Å²) in [4.78, 5) is 18.3. The number of nitrogens with two attached hydrogens (primary N) is 1. The van der Waals surface area contributed by atoms with E-state index in [1.807, 2.05) is 35.2 Å². The van der Waals surface area contributed by atoms with Gasteiger partial charge in [0.25, 0.3) is 0 Å². The Kier molecular flexibility index (Phi) is 9.60. The van der Waals surface area contributed by atoms with E-state index in [4.69, 9.17) is 5.73 Å². The first-order valence-electron chi connectivity index (χ1n) is 9.98. The average Bonchev–Trinajstić information content (AvgIpc) is 3.09. The van der Waals surface area contributed by atoms with Crippen molar-refractivity contribution in [3.05, 3.63) is 65.7 Å². The molecule has 0 aliphatic carbocycles. The zero-order chi connectivity index (χ0) is 22.3. The van der Waals surface area contributed by atoms with E-state index in [-0.39, 0.29) is 54.1 Å². The predicted octanol–water partition coefficient (Wildman–Crippen LogP) is 3.70. The molecule has 1 aliphatic rings. The van der Waals surface area contributed by atoms with Gasteiger partial charge in [0.05, 0.1) is 6.54 Å². The van der Waals surface area contributed by atoms with E-state index >= 15 is 0 Å². The van der Waals surface area contributed by atoms with Crippen LogP contribution in [0.4, 0.5) is 13.2 Å². The van der Waals surface area contributed by atoms with Gasteiger partial charge in [-0.05, 0) is 29.7 Å². The van der Waals surface area contributed by atoms with E-state index in [9.17, 15) is 18.0 Å². The molecule has 0 radical (unpaired) electrons. The minimum absolute atomic E-state index is 0. The van der Waals surface area contributed by atoms with Crippen LogP contribution in [-0.2, 0) is 17.8 Å². The second-order valence-electron chi connectivity index (χ2n) is 7.42. The number of nitrogens with zero attached hydrogens (tertiary/aromatic N) is 2. The third kappa shape index (κ3) is 8.56. The number of likely N-dealkylation sites (tertiary alicyclic amines) is 1. The van der Waals surface area contributed by atoms with Crippen molar-refractivity contribution < 1.29 is 22.7 Å². The molecule has 6 nitrogen and oxygen atoms in total. The fourth-order valence-electron chi connectivity index (χ4n) is 3.39. The summed E-state index contributed by atoms with van der Waals surface area (Å²) >= 11 is 0. The van der Waals surface area contributed by atoms with Crippen LogP contribution in [0.15, 0.2) is 59.6 Å². The molecule has 1 aliphatic heterocycles. The standard InChI is InChI=1S/C22H25F3N4O2.HI/c23-22(24,25)31-19-8-6-17(7-9-19)13-27-21(26)28-14-18-12-20(30)29(15-18)11-10-16-4-2-1-3-5-16;/h1-9,18H,10-15H2,(H3,26,27,28);1H. The maximum absolute atomic E-state index is 12.2. The molecule has 32 heavy (non-hydrogen) atoms. The van der Waals surface area contributed by atoms with E-state index in [1.54, 1.807) is 0 Å². The summed E-state index contributed by atoms with van der Waals surface area (Å²) in [5.41, 5.74) is 7.78. The first-order chi connectivity index (χ1) is 14.8. The van der Waals surface area contributed by atoms with E-state index in [2.05, 4.69) is 15.0 Å². The van der Waals surface area contributed by atoms with Crippen molar-refractivity contribution in [3.63, 3.8) is 0 Å². The normalized spacial score (nSPS) is 16.6. The number of amides is 1. The Morgan fingerprint density at radius 3 is 2.47 bits per heavy atom. The number of aliphatic imine (C=N–C) groups is 1. The van der Waals surface area contributed by atoms with Crippen LogP contribution >= 0.6 is 24.0 Å². The first kappa shape index (κ1) is 25.8. The zero-order valence-corrected chi connectivity index (χ0v) is 19.7. The van der Waals surface area contributed by atoms with Crippen LogP contribution < -0.4 is 15.8 Å². The van der Waals surface area contributed by atoms with Crippen molar-refractivity contribution in [2.24, 2.45) is 16.6 Å². The van der Waals surface area contributed by atoms with Crippen LogP contribution in [0, 0.1) is 5.92 Å². The van der Waals surface area contributed by atoms with Crippen LogP contribution in [-0.4, -0.2) is 42.8 Å². The molecule has 2 aromatic carbocycles. The summed E-state index contributed by atoms with van der Waals surface area (Å²) in [5, 5.41) is 3.03. The van der Waals surface area contributed by atoms with Gasteiger partial charge in [-0.2, -0.15) is 0 Å². The first-order valence-corrected chi connectivity index (χ1v) is 9.98. The van der Waals surface area contributed by atoms with Crippen LogP contribution in [0.1, 0.15) is 17.5 Å². The fraction of sp³-hybridized carbons (Fsp3) is 0.364. The van der Waals surface area contributed by atoms with Crippen LogP contribution in [0.25, 0.3) is 0 Å². The van der Waals surface area contributed by atoms with Gasteiger partial charge in [-0.15, -0.1) is 37.1 Å². The molecule has 1 fully saturated rings. The molecule has 1 unspecified atom stereocenters. The quantitative estimate of drug-likeness (QED) is 0.292. The average molecular weight is 562 g/mol. The number of ether oxygens (including phenoxy) is 1. The molecule has 3 rings (SSSR count). The van der Waals surface area contributed by atoms with Crippen molar-refractivity contribution in [2.45, 2.75) is 25.7 Å². The molecule has 1 saturated heterocycles. The molecule has 0 bridgehead atoms. The van der Waals surface area contributed by atoms with Gasteiger partial charge < -0.3 is 20.7 Å². The Balaban J connectivity index is 0.00000363. The number of hydrogen-bond donors (Lipinski definition) is 2. The molecule has 1 amide bonds. The molecular weight excluding hydrogens is 536 g/mol. The lowest BCUT2D eigenvalue weighted by atomic mass is 10.1. The Morgan fingerprint density at radius 2 is 1.81 bits per heavy atom. The Bertz CT molecular complexity index is 892. The van der Waals surface area contributed by atoms with Crippen molar-refractivity contribution >= 4 is 35.8 Å². The number of hydrogen-bond acceptors (Lipinski definition) is 3. The Morgan fingerprint density at radius 1 is 1.12 bits per heavy atom. The van der Waals surface area contributed by atoms with Crippen molar-refractivity contribution in [2.75, 3.05) is 19.6 Å². The molecule has 3 N–H and O–H groups in total. The molecule has 10 heteroatoms. The van der Waals surface area contributed by atoms with Gasteiger partial charge in [-0.25, -0.2) is 4.99 Å². The number of halogens is 4. The monoisotopic (exact) mass is 562 g/mol. The SMILES string of the molecule is I.NC(=NCc1ccc(OC(F)(F)F)cc1)NCC1CC(=O)N(CCc2ccccc2)C1. The lowest BCUT2D eigenvalue weighted by molar-refractivity contribution is -0.274. The highest BCUT2D eigenvalue weighted by atomic mass is 127. The third-order valence-electron chi connectivity index (χ3n) is 4.97. The summed E-state index contributed by atoms with van der Waals surface area (Å²) in [7, 11) is 0. The van der Waals surface area contributed by atoms with Gasteiger partial charge in [0.15, 0.2) is 5.96 Å². The second-order valence-corrected chi connectivity index (χ2v) is 7.42. The molecule has 1 atom stereocenters. The lowest BCUT2D eigenvalue weighted by Crippen LogP contribution is -2.36. The highest BCUT2D eigenvalue weighted by molar-refractivity contribution is 14.0. The van der Waals surface area contributed by atoms with Gasteiger partial charge in [-0.3, -0.25) is 4.79 Å². The highest BCUT2D eigenvalue weighted by Crippen LogP contribution is 2.23. The molecule has 2 aromatic rings. The molecule has 1 heterocycles. The molecule has 174 valence electrons. The third-order valence-corrected chi connectivity index (χ3v) is 4.97. The van der Waals surface area contributed by atoms with Crippen molar-refractivity contribution in [1.82, 2.24) is 10.2 Å². The predicted molar refractivity (Wildman–Crippen MR) is 127 cm³/mol. The summed E-state index contributed by atoms with van der Waals surface area (Å²) in [5.74, 6) is 0.232. The maximum atomic E-state index is 12.2. The lowest BCUT2D eigenvalue weighted by Gasteiger charge is -2.17. The van der Waals surface area contributed by atoms with Crippen LogP contribution in [0.2, 0.25) is 0 Å². The van der Waals surface area contributed by atoms with Crippen LogP contribution in [0.3, 0.4) is 0 Å². The number of benzene rings is 2. The van der Waals surface area contributed by atoms with E-state index in [1.165, 1.54) is 29.8 Å². The molecular formula is C22H26F3IN4O2. The maximum Gasteiger partial charge on any atom is 0.573 e. The fourth-order valence-corrected chi connectivity index (χ4v) is 3.39. The minimum atomic E-state index is -4.72. The van der Waals surface area contributed by atoms with E-state index in [0.29, 0.717) is 31.6 Å². The number of carbonyl (C=O) groups excluding carboxylic acids is 1. The summed E-state index contributed by atoms with van der Waals surface area (Å²) in [6, 6.07) is 15.5. The molecule has 0 aromatic heterocycles. The van der Waals surface area contributed by atoms with Crippen LogP contribution in [0.5, 0.6) is 5.75 Å². The molecule has 0 saturated carbocycles. The number of rotatable bonds is 8. The Labute approximate surface area is 202 Å². The molecule has 0 spiro atoms. The topological polar surface area (TPSA) is 80.0 Å². The largest absolute Gasteiger partial charge is 0.573 e. The minimum Gasteiger partial charge on any atom is -0.406 e. The summed E-state index contributed by atoms with van der Waals surface area (Å²) in [6.07, 6.45) is -3.42. The number of alkyl halides is 3. The highest BCUT2D eigenvalue weighted by Gasteiger charge is 2.31. The van der Waals surface area contributed by atoms with Gasteiger partial charge >= 0.3 is 6.36 Å². The number of guanidine groups is 1. The van der Waals surface area contributed by atoms with E-state index in [0.717, 1.165) is 6.42 Å². The van der Waals surface area contributed by atoms with Crippen molar-refractivity contribution in [3.8, 4) is 5.75 Å². The summed E-state index contributed by atoms with van der Waals surface area (Å²) in [6.45, 7) is 2.11. The van der Waals surface area contributed by atoms with E-state index < -0.39 is 6.36 Å². The zero-order valence-electron chi connectivity index (χ0n) is 17.3.